The summed E-state index contributed by atoms with van der Waals surface area (Å²) in [5, 5.41) is 0.325. The van der Waals surface area contributed by atoms with Gasteiger partial charge in [0.1, 0.15) is 8.30 Å². The third-order valence-electron chi connectivity index (χ3n) is 3.07. The molecular formula is C11H22NOP. The number of piperidine rings is 1. The van der Waals surface area contributed by atoms with Gasteiger partial charge in [0.15, 0.2) is 0 Å². The average Bonchev–Trinajstić information content (AvgIpc) is 2.15. The van der Waals surface area contributed by atoms with Gasteiger partial charge < -0.3 is 4.52 Å². The van der Waals surface area contributed by atoms with Crippen molar-refractivity contribution >= 4 is 8.30 Å². The van der Waals surface area contributed by atoms with Crippen LogP contribution >= 0.6 is 8.30 Å². The second-order valence-corrected chi connectivity index (χ2v) is 8.04. The van der Waals surface area contributed by atoms with Gasteiger partial charge in [-0.1, -0.05) is 27.2 Å². The average molecular weight is 215 g/mol. The van der Waals surface area contributed by atoms with E-state index in [1.807, 2.05) is 0 Å². The van der Waals surface area contributed by atoms with Crippen LogP contribution in [-0.2, 0) is 4.52 Å². The van der Waals surface area contributed by atoms with Crippen molar-refractivity contribution < 1.29 is 4.52 Å². The SMILES string of the molecule is CC(C)(C)P1OCCC2CCCCN21. The number of fused-ring (bicyclic) bond motifs is 1. The molecule has 2 rings (SSSR count). The van der Waals surface area contributed by atoms with E-state index in [0.29, 0.717) is 5.16 Å². The van der Waals surface area contributed by atoms with Crippen LogP contribution in [0.5, 0.6) is 0 Å². The summed E-state index contributed by atoms with van der Waals surface area (Å²) in [4.78, 5) is 0. The highest BCUT2D eigenvalue weighted by molar-refractivity contribution is 7.51. The predicted octanol–water partition coefficient (Wildman–Crippen LogP) is 3.37. The number of hydrogen-bond acceptors (Lipinski definition) is 2. The van der Waals surface area contributed by atoms with Crippen LogP contribution in [0.4, 0.5) is 0 Å². The molecule has 82 valence electrons. The molecule has 0 N–H and O–H groups in total. The van der Waals surface area contributed by atoms with Gasteiger partial charge in [0.2, 0.25) is 0 Å². The molecule has 14 heavy (non-hydrogen) atoms. The summed E-state index contributed by atoms with van der Waals surface area (Å²) in [5.74, 6) is 0. The van der Waals surface area contributed by atoms with Gasteiger partial charge in [-0.25, -0.2) is 0 Å². The quantitative estimate of drug-likeness (QED) is 0.574. The van der Waals surface area contributed by atoms with Gasteiger partial charge in [-0.05, 0) is 19.3 Å². The zero-order valence-corrected chi connectivity index (χ0v) is 10.5. The second-order valence-electron chi connectivity index (χ2n) is 5.38. The monoisotopic (exact) mass is 215 g/mol. The molecule has 2 aliphatic rings. The van der Waals surface area contributed by atoms with Crippen molar-refractivity contribution in [2.24, 2.45) is 0 Å². The van der Waals surface area contributed by atoms with E-state index in [9.17, 15) is 0 Å². The van der Waals surface area contributed by atoms with Crippen molar-refractivity contribution in [3.63, 3.8) is 0 Å². The fourth-order valence-corrected chi connectivity index (χ4v) is 4.88. The molecule has 0 aliphatic carbocycles. The molecule has 0 amide bonds. The maximum atomic E-state index is 6.00. The summed E-state index contributed by atoms with van der Waals surface area (Å²) < 4.78 is 8.67. The van der Waals surface area contributed by atoms with Crippen molar-refractivity contribution in [3.05, 3.63) is 0 Å². The molecule has 3 heteroatoms. The molecule has 2 heterocycles. The van der Waals surface area contributed by atoms with E-state index in [4.69, 9.17) is 4.52 Å². The van der Waals surface area contributed by atoms with Gasteiger partial charge in [-0.2, -0.15) is 0 Å². The first kappa shape index (κ1) is 10.9. The van der Waals surface area contributed by atoms with Crippen molar-refractivity contribution in [2.75, 3.05) is 13.2 Å². The molecule has 0 radical (unpaired) electrons. The topological polar surface area (TPSA) is 12.5 Å². The fraction of sp³-hybridized carbons (Fsp3) is 1.00. The first-order valence-corrected chi connectivity index (χ1v) is 7.00. The lowest BCUT2D eigenvalue weighted by Crippen LogP contribution is -2.43. The normalized spacial score (nSPS) is 35.4. The summed E-state index contributed by atoms with van der Waals surface area (Å²) in [6.45, 7) is 9.21. The highest BCUT2D eigenvalue weighted by Crippen LogP contribution is 2.58. The smallest absolute Gasteiger partial charge is 0.110 e. The van der Waals surface area contributed by atoms with Gasteiger partial charge in [-0.3, -0.25) is 4.67 Å². The predicted molar refractivity (Wildman–Crippen MR) is 61.6 cm³/mol. The molecule has 0 aromatic carbocycles. The molecule has 2 fully saturated rings. The van der Waals surface area contributed by atoms with Crippen LogP contribution in [-0.4, -0.2) is 29.0 Å². The first-order chi connectivity index (χ1) is 6.59. The van der Waals surface area contributed by atoms with Crippen LogP contribution in [0.2, 0.25) is 0 Å². The van der Waals surface area contributed by atoms with E-state index in [1.54, 1.807) is 0 Å². The van der Waals surface area contributed by atoms with Gasteiger partial charge in [0, 0.05) is 17.7 Å². The van der Waals surface area contributed by atoms with E-state index in [1.165, 1.54) is 32.2 Å². The maximum Gasteiger partial charge on any atom is 0.110 e. The van der Waals surface area contributed by atoms with Crippen molar-refractivity contribution in [1.82, 2.24) is 4.67 Å². The summed E-state index contributed by atoms with van der Waals surface area (Å²) >= 11 is 0. The minimum absolute atomic E-state index is 0.325. The molecule has 0 aromatic rings. The molecule has 2 unspecified atom stereocenters. The standard InChI is InChI=1S/C11H22NOP/c1-11(2,3)14-12-8-5-4-6-10(12)7-9-13-14/h10H,4-9H2,1-3H3. The summed E-state index contributed by atoms with van der Waals surface area (Å²) in [5.41, 5.74) is 0. The van der Waals surface area contributed by atoms with Crippen molar-refractivity contribution in [2.45, 2.75) is 57.7 Å². The van der Waals surface area contributed by atoms with Crippen LogP contribution in [0.25, 0.3) is 0 Å². The lowest BCUT2D eigenvalue weighted by atomic mass is 10.0. The second kappa shape index (κ2) is 4.08. The lowest BCUT2D eigenvalue weighted by molar-refractivity contribution is 0.147. The van der Waals surface area contributed by atoms with E-state index in [-0.39, 0.29) is 8.30 Å². The summed E-state index contributed by atoms with van der Waals surface area (Å²) in [6.07, 6.45) is 5.45. The zero-order chi connectivity index (χ0) is 10.2. The molecule has 0 aromatic heterocycles. The number of rotatable bonds is 0. The van der Waals surface area contributed by atoms with Crippen molar-refractivity contribution in [1.29, 1.82) is 0 Å². The Morgan fingerprint density at radius 1 is 1.21 bits per heavy atom. The Kier molecular flexibility index (Phi) is 3.16. The zero-order valence-electron chi connectivity index (χ0n) is 9.62. The molecule has 2 nitrogen and oxygen atoms in total. The Balaban J connectivity index is 2.09. The largest absolute Gasteiger partial charge is 0.343 e. The summed E-state index contributed by atoms with van der Waals surface area (Å²) in [6, 6.07) is 0.836. The third-order valence-corrected chi connectivity index (χ3v) is 5.64. The van der Waals surface area contributed by atoms with E-state index >= 15 is 0 Å². The fourth-order valence-electron chi connectivity index (χ4n) is 2.45. The van der Waals surface area contributed by atoms with Crippen LogP contribution in [0.3, 0.4) is 0 Å². The highest BCUT2D eigenvalue weighted by Gasteiger charge is 2.39. The van der Waals surface area contributed by atoms with Crippen LogP contribution in [0, 0.1) is 0 Å². The van der Waals surface area contributed by atoms with E-state index in [0.717, 1.165) is 12.6 Å². The molecule has 2 atom stereocenters. The third kappa shape index (κ3) is 2.13. The van der Waals surface area contributed by atoms with Crippen molar-refractivity contribution in [3.8, 4) is 0 Å². The molecule has 2 aliphatic heterocycles. The first-order valence-electron chi connectivity index (χ1n) is 5.79. The van der Waals surface area contributed by atoms with Crippen LogP contribution < -0.4 is 0 Å². The highest BCUT2D eigenvalue weighted by atomic mass is 31.2. The van der Waals surface area contributed by atoms with Gasteiger partial charge >= 0.3 is 0 Å². The Morgan fingerprint density at radius 3 is 2.71 bits per heavy atom. The Labute approximate surface area is 88.9 Å². The van der Waals surface area contributed by atoms with E-state index < -0.39 is 0 Å². The number of hydrogen-bond donors (Lipinski definition) is 0. The van der Waals surface area contributed by atoms with Gasteiger partial charge in [0.25, 0.3) is 0 Å². The van der Waals surface area contributed by atoms with Gasteiger partial charge in [0.05, 0.1) is 6.61 Å². The van der Waals surface area contributed by atoms with Crippen LogP contribution in [0.15, 0.2) is 0 Å². The minimum atomic E-state index is -0.337. The molecular weight excluding hydrogens is 193 g/mol. The lowest BCUT2D eigenvalue weighted by Gasteiger charge is -2.48. The minimum Gasteiger partial charge on any atom is -0.343 e. The number of nitrogens with zero attached hydrogens (tertiary/aromatic N) is 1. The Morgan fingerprint density at radius 2 is 2.00 bits per heavy atom. The molecule has 0 bridgehead atoms. The molecule has 0 saturated carbocycles. The maximum absolute atomic E-state index is 6.00. The Hall–Kier alpha value is 0.350. The van der Waals surface area contributed by atoms with E-state index in [2.05, 4.69) is 25.4 Å². The Bertz CT molecular complexity index is 200. The molecule has 2 saturated heterocycles. The van der Waals surface area contributed by atoms with Crippen LogP contribution in [0.1, 0.15) is 46.5 Å². The van der Waals surface area contributed by atoms with Gasteiger partial charge in [-0.15, -0.1) is 0 Å². The molecule has 0 spiro atoms. The summed E-state index contributed by atoms with van der Waals surface area (Å²) in [7, 11) is -0.337.